The number of aliphatic hydroxyl groups is 1. The third kappa shape index (κ3) is 4.09. The molecule has 2 rings (SSSR count). The summed E-state index contributed by atoms with van der Waals surface area (Å²) in [6, 6.07) is 7.54. The summed E-state index contributed by atoms with van der Waals surface area (Å²) < 4.78 is 0. The van der Waals surface area contributed by atoms with Crippen molar-refractivity contribution >= 4 is 17.3 Å². The highest BCUT2D eigenvalue weighted by Crippen LogP contribution is 2.26. The van der Waals surface area contributed by atoms with Gasteiger partial charge < -0.3 is 15.3 Å². The number of amides is 1. The van der Waals surface area contributed by atoms with Crippen molar-refractivity contribution in [3.05, 3.63) is 35.4 Å². The lowest BCUT2D eigenvalue weighted by Crippen LogP contribution is -2.36. The van der Waals surface area contributed by atoms with Crippen molar-refractivity contribution in [1.82, 2.24) is 0 Å². The monoisotopic (exact) mass is 299 g/mol. The molecular weight excluding hydrogens is 278 g/mol. The van der Waals surface area contributed by atoms with Crippen molar-refractivity contribution in [2.24, 2.45) is 0 Å². The molecule has 1 aliphatic heterocycles. The number of nitrogens with zero attached hydrogens (tertiary/aromatic N) is 2. The van der Waals surface area contributed by atoms with Gasteiger partial charge in [0.1, 0.15) is 6.07 Å². The predicted octanol–water partition coefficient (Wildman–Crippen LogP) is 2.42. The Hall–Kier alpha value is -2.32. The molecule has 0 unspecified atom stereocenters. The van der Waals surface area contributed by atoms with Crippen molar-refractivity contribution < 1.29 is 9.90 Å². The number of nitriles is 1. The van der Waals surface area contributed by atoms with E-state index in [9.17, 15) is 15.2 Å². The number of benzene rings is 1. The zero-order chi connectivity index (χ0) is 16.1. The summed E-state index contributed by atoms with van der Waals surface area (Å²) >= 11 is 0. The fraction of sp³-hybridized carbons (Fsp3) is 0.412. The zero-order valence-corrected chi connectivity index (χ0v) is 13.0. The maximum absolute atomic E-state index is 11.7. The molecule has 0 radical (unpaired) electrons. The van der Waals surface area contributed by atoms with Gasteiger partial charge in [-0.15, -0.1) is 0 Å². The number of anilines is 2. The molecule has 1 aromatic carbocycles. The molecule has 0 aliphatic carbocycles. The van der Waals surface area contributed by atoms with Gasteiger partial charge in [0.2, 0.25) is 5.91 Å². The Labute approximate surface area is 130 Å². The fourth-order valence-corrected chi connectivity index (χ4v) is 2.53. The third-order valence-electron chi connectivity index (χ3n) is 3.61. The Morgan fingerprint density at radius 1 is 1.41 bits per heavy atom. The highest BCUT2D eigenvalue weighted by Gasteiger charge is 2.19. The van der Waals surface area contributed by atoms with Crippen LogP contribution in [0.3, 0.4) is 0 Å². The molecule has 5 nitrogen and oxygen atoms in total. The van der Waals surface area contributed by atoms with E-state index < -0.39 is 0 Å². The third-order valence-corrected chi connectivity index (χ3v) is 3.61. The molecule has 1 heterocycles. The second kappa shape index (κ2) is 7.10. The lowest BCUT2D eigenvalue weighted by molar-refractivity contribution is -0.111. The van der Waals surface area contributed by atoms with E-state index in [4.69, 9.17) is 0 Å². The first kappa shape index (κ1) is 16.1. The molecule has 1 fully saturated rings. The van der Waals surface area contributed by atoms with Crippen LogP contribution in [0, 0.1) is 11.3 Å². The Balaban J connectivity index is 2.16. The van der Waals surface area contributed by atoms with E-state index in [2.05, 4.69) is 16.3 Å². The smallest absolute Gasteiger partial charge is 0.248 e. The number of allylic oxidation sites excluding steroid dienone is 1. The Morgan fingerprint density at radius 2 is 2.09 bits per heavy atom. The SMILES string of the molecule is CC(C)=CC(=O)Nc1ccc(N2CCC(O)CC2)c(C#N)c1. The van der Waals surface area contributed by atoms with Crippen LogP contribution < -0.4 is 10.2 Å². The maximum atomic E-state index is 11.7. The molecule has 0 bridgehead atoms. The minimum absolute atomic E-state index is 0.197. The lowest BCUT2D eigenvalue weighted by Gasteiger charge is -2.32. The van der Waals surface area contributed by atoms with Crippen molar-refractivity contribution in [1.29, 1.82) is 5.26 Å². The molecular formula is C17H21N3O2. The molecule has 0 atom stereocenters. The van der Waals surface area contributed by atoms with E-state index >= 15 is 0 Å². The van der Waals surface area contributed by atoms with E-state index in [0.29, 0.717) is 24.1 Å². The Morgan fingerprint density at radius 3 is 2.68 bits per heavy atom. The highest BCUT2D eigenvalue weighted by molar-refractivity contribution is 5.99. The number of hydrogen-bond donors (Lipinski definition) is 2. The van der Waals surface area contributed by atoms with Crippen molar-refractivity contribution in [2.45, 2.75) is 32.8 Å². The number of piperidine rings is 1. The minimum atomic E-state index is -0.246. The van der Waals surface area contributed by atoms with Gasteiger partial charge in [-0.25, -0.2) is 0 Å². The second-order valence-corrected chi connectivity index (χ2v) is 5.77. The normalized spacial score (nSPS) is 15.1. The Bertz CT molecular complexity index is 619. The summed E-state index contributed by atoms with van der Waals surface area (Å²) in [5.74, 6) is -0.197. The molecule has 1 saturated heterocycles. The number of aliphatic hydroxyl groups excluding tert-OH is 1. The predicted molar refractivity (Wildman–Crippen MR) is 86.7 cm³/mol. The number of hydrogen-bond acceptors (Lipinski definition) is 4. The number of rotatable bonds is 3. The van der Waals surface area contributed by atoms with Gasteiger partial charge in [0.15, 0.2) is 0 Å². The lowest BCUT2D eigenvalue weighted by atomic mass is 10.0. The van der Waals surface area contributed by atoms with Gasteiger partial charge >= 0.3 is 0 Å². The van der Waals surface area contributed by atoms with Gasteiger partial charge in [-0.1, -0.05) is 5.57 Å². The average molecular weight is 299 g/mol. The molecule has 22 heavy (non-hydrogen) atoms. The van der Waals surface area contributed by atoms with Crippen LogP contribution in [-0.2, 0) is 4.79 Å². The van der Waals surface area contributed by atoms with E-state index in [-0.39, 0.29) is 12.0 Å². The summed E-state index contributed by atoms with van der Waals surface area (Å²) in [6.45, 7) is 5.18. The second-order valence-electron chi connectivity index (χ2n) is 5.77. The molecule has 5 heteroatoms. The molecule has 0 saturated carbocycles. The minimum Gasteiger partial charge on any atom is -0.393 e. The van der Waals surface area contributed by atoms with Crippen LogP contribution in [-0.4, -0.2) is 30.2 Å². The topological polar surface area (TPSA) is 76.4 Å². The van der Waals surface area contributed by atoms with Crippen LogP contribution in [0.2, 0.25) is 0 Å². The van der Waals surface area contributed by atoms with Gasteiger partial charge in [0.25, 0.3) is 0 Å². The van der Waals surface area contributed by atoms with Crippen molar-refractivity contribution in [3.63, 3.8) is 0 Å². The number of nitrogens with one attached hydrogen (secondary N) is 1. The van der Waals surface area contributed by atoms with Gasteiger partial charge in [-0.2, -0.15) is 5.26 Å². The van der Waals surface area contributed by atoms with Crippen LogP contribution in [0.4, 0.5) is 11.4 Å². The summed E-state index contributed by atoms with van der Waals surface area (Å²) in [6.07, 6.45) is 2.70. The van der Waals surface area contributed by atoms with E-state index in [1.54, 1.807) is 12.1 Å². The first-order chi connectivity index (χ1) is 10.5. The van der Waals surface area contributed by atoms with E-state index in [0.717, 1.165) is 24.4 Å². The molecule has 0 aromatic heterocycles. The van der Waals surface area contributed by atoms with Crippen molar-refractivity contribution in [3.8, 4) is 6.07 Å². The molecule has 2 N–H and O–H groups in total. The van der Waals surface area contributed by atoms with Crippen LogP contribution in [0.15, 0.2) is 29.8 Å². The van der Waals surface area contributed by atoms with Crippen LogP contribution in [0.5, 0.6) is 0 Å². The van der Waals surface area contributed by atoms with Crippen LogP contribution in [0.1, 0.15) is 32.3 Å². The van der Waals surface area contributed by atoms with Gasteiger partial charge in [-0.05, 0) is 44.9 Å². The molecule has 1 aromatic rings. The van der Waals surface area contributed by atoms with Gasteiger partial charge in [0, 0.05) is 24.9 Å². The van der Waals surface area contributed by atoms with Crippen molar-refractivity contribution in [2.75, 3.05) is 23.3 Å². The van der Waals surface area contributed by atoms with Crippen LogP contribution in [0.25, 0.3) is 0 Å². The molecule has 1 amide bonds. The molecule has 116 valence electrons. The van der Waals surface area contributed by atoms with Crippen LogP contribution >= 0.6 is 0 Å². The number of carbonyl (C=O) groups is 1. The summed E-state index contributed by atoms with van der Waals surface area (Å²) in [5, 5.41) is 21.7. The highest BCUT2D eigenvalue weighted by atomic mass is 16.3. The maximum Gasteiger partial charge on any atom is 0.248 e. The summed E-state index contributed by atoms with van der Waals surface area (Å²) in [5.41, 5.74) is 2.92. The fourth-order valence-electron chi connectivity index (χ4n) is 2.53. The van der Waals surface area contributed by atoms with E-state index in [1.807, 2.05) is 19.9 Å². The number of carbonyl (C=O) groups excluding carboxylic acids is 1. The summed E-state index contributed by atoms with van der Waals surface area (Å²) in [7, 11) is 0. The zero-order valence-electron chi connectivity index (χ0n) is 13.0. The standard InChI is InChI=1S/C17H21N3O2/c1-12(2)9-17(22)19-14-3-4-16(13(10-14)11-18)20-7-5-15(21)6-8-20/h3-4,9-10,15,21H,5-8H2,1-2H3,(H,19,22). The quantitative estimate of drug-likeness (QED) is 0.840. The van der Waals surface area contributed by atoms with Gasteiger partial charge in [-0.3, -0.25) is 4.79 Å². The molecule has 0 spiro atoms. The average Bonchev–Trinajstić information content (AvgIpc) is 2.47. The van der Waals surface area contributed by atoms with Gasteiger partial charge in [0.05, 0.1) is 17.4 Å². The summed E-state index contributed by atoms with van der Waals surface area (Å²) in [4.78, 5) is 13.8. The Kier molecular flexibility index (Phi) is 5.18. The van der Waals surface area contributed by atoms with E-state index in [1.165, 1.54) is 6.08 Å². The first-order valence-corrected chi connectivity index (χ1v) is 7.42. The first-order valence-electron chi connectivity index (χ1n) is 7.42. The largest absolute Gasteiger partial charge is 0.393 e. The molecule has 1 aliphatic rings.